The predicted molar refractivity (Wildman–Crippen MR) is 215 cm³/mol. The second-order valence-corrected chi connectivity index (χ2v) is 22.4. The molecule has 0 amide bonds. The summed E-state index contributed by atoms with van der Waals surface area (Å²) in [5.41, 5.74) is 1.75. The molecule has 3 aliphatic rings. The van der Waals surface area contributed by atoms with Crippen LogP contribution in [0.5, 0.6) is 5.75 Å². The van der Waals surface area contributed by atoms with Crippen molar-refractivity contribution in [3.63, 3.8) is 0 Å². The van der Waals surface area contributed by atoms with Crippen LogP contribution in [0.15, 0.2) is 70.8 Å². The van der Waals surface area contributed by atoms with Gasteiger partial charge >= 0.3 is 0 Å². The quantitative estimate of drug-likeness (QED) is 0.0867. The van der Waals surface area contributed by atoms with E-state index in [2.05, 4.69) is 46.7 Å². The standard InChI is InChI=1S/C36H56O6Si.C7H8O3S/c1-8-9-19-29-31(42-43(6,7)36(3,4)5)26-32(41-34-21-14-16-24-39-34)35(29)27(2)30(40-33-20-13-15-23-38-33)22-25-37-28-17-11-10-12-18-28;1-6-4-2-3-5-7(6)11(8,9)10/h1,10-12,17-18,29,31-35H,9,13-16,19-26H2,2-7H3;2-5H,1H3,(H,8,9,10)/b30-27+;/t29-,31-,32-,33?,34?,35+;/m0./s1. The number of para-hydroxylation sites is 1. The third-order valence-electron chi connectivity index (χ3n) is 11.2. The lowest BCUT2D eigenvalue weighted by Crippen LogP contribution is -2.45. The molecule has 54 heavy (non-hydrogen) atoms. The molecule has 2 heterocycles. The molecule has 0 bridgehead atoms. The van der Waals surface area contributed by atoms with Gasteiger partial charge in [-0.05, 0) is 112 Å². The van der Waals surface area contributed by atoms with Crippen LogP contribution >= 0.6 is 0 Å². The van der Waals surface area contributed by atoms with E-state index < -0.39 is 18.4 Å². The number of hydrogen-bond acceptors (Lipinski definition) is 8. The Labute approximate surface area is 326 Å². The molecule has 1 aliphatic carbocycles. The monoisotopic (exact) mass is 784 g/mol. The van der Waals surface area contributed by atoms with Crippen LogP contribution in [0.3, 0.4) is 0 Å². The van der Waals surface area contributed by atoms with Gasteiger partial charge in [-0.15, -0.1) is 12.3 Å². The van der Waals surface area contributed by atoms with E-state index in [9.17, 15) is 8.42 Å². The highest BCUT2D eigenvalue weighted by atomic mass is 32.2. The number of rotatable bonds is 14. The summed E-state index contributed by atoms with van der Waals surface area (Å²) in [7, 11) is -6.08. The Kier molecular flexibility index (Phi) is 16.7. The number of hydrogen-bond donors (Lipinski definition) is 1. The summed E-state index contributed by atoms with van der Waals surface area (Å²) in [5, 5.41) is 0.108. The van der Waals surface area contributed by atoms with Crippen molar-refractivity contribution in [2.75, 3.05) is 19.8 Å². The van der Waals surface area contributed by atoms with Crippen molar-refractivity contribution in [3.05, 3.63) is 71.5 Å². The van der Waals surface area contributed by atoms with E-state index in [4.69, 9.17) is 39.1 Å². The van der Waals surface area contributed by atoms with Crippen molar-refractivity contribution in [3.8, 4) is 18.1 Å². The van der Waals surface area contributed by atoms with Gasteiger partial charge in [0, 0.05) is 31.8 Å². The van der Waals surface area contributed by atoms with E-state index in [1.165, 1.54) is 11.6 Å². The first-order valence-corrected chi connectivity index (χ1v) is 24.0. The lowest BCUT2D eigenvalue weighted by molar-refractivity contribution is -0.194. The molecule has 1 saturated carbocycles. The minimum Gasteiger partial charge on any atom is -0.493 e. The fourth-order valence-electron chi connectivity index (χ4n) is 7.24. The van der Waals surface area contributed by atoms with Crippen molar-refractivity contribution in [2.45, 2.75) is 147 Å². The van der Waals surface area contributed by atoms with Gasteiger partial charge in [-0.1, -0.05) is 57.2 Å². The van der Waals surface area contributed by atoms with Crippen LogP contribution < -0.4 is 4.74 Å². The Hall–Kier alpha value is -2.69. The lowest BCUT2D eigenvalue weighted by Gasteiger charge is -2.40. The molecule has 0 aromatic heterocycles. The highest BCUT2D eigenvalue weighted by Gasteiger charge is 2.50. The summed E-state index contributed by atoms with van der Waals surface area (Å²) in [6.07, 6.45) is 14.8. The van der Waals surface area contributed by atoms with Crippen molar-refractivity contribution >= 4 is 18.4 Å². The zero-order valence-electron chi connectivity index (χ0n) is 33.6. The molecule has 2 saturated heterocycles. The second-order valence-electron chi connectivity index (χ2n) is 16.2. The van der Waals surface area contributed by atoms with Crippen molar-refractivity contribution in [2.24, 2.45) is 11.8 Å². The van der Waals surface area contributed by atoms with Crippen LogP contribution in [0.1, 0.15) is 97.5 Å². The van der Waals surface area contributed by atoms with Gasteiger partial charge in [-0.3, -0.25) is 4.55 Å². The number of benzene rings is 2. The zero-order chi connectivity index (χ0) is 39.4. The SMILES string of the molecule is C#CCC[C@@H]1[C@@H](/C(C)=C(\CCOc2ccccc2)OC2CCCCO2)[C@@H](OC2CCCCO2)C[C@@H]1O[Si](C)(C)C(C)(C)C.Cc1ccccc1S(=O)(=O)O. The molecule has 2 aromatic carbocycles. The Morgan fingerprint density at radius 1 is 0.944 bits per heavy atom. The van der Waals surface area contributed by atoms with Gasteiger partial charge in [0.25, 0.3) is 10.1 Å². The summed E-state index contributed by atoms with van der Waals surface area (Å²) in [6, 6.07) is 16.2. The molecule has 300 valence electrons. The summed E-state index contributed by atoms with van der Waals surface area (Å²) in [5.74, 6) is 5.05. The van der Waals surface area contributed by atoms with Crippen LogP contribution in [-0.4, -0.2) is 65.9 Å². The molecule has 0 radical (unpaired) electrons. The molecule has 0 spiro atoms. The smallest absolute Gasteiger partial charge is 0.294 e. The van der Waals surface area contributed by atoms with E-state index in [1.54, 1.807) is 25.1 Å². The van der Waals surface area contributed by atoms with E-state index >= 15 is 0 Å². The van der Waals surface area contributed by atoms with Crippen molar-refractivity contribution < 1.29 is 41.1 Å². The summed E-state index contributed by atoms with van der Waals surface area (Å²) >= 11 is 0. The first kappa shape index (κ1) is 44.0. The van der Waals surface area contributed by atoms with Crippen LogP contribution in [0.2, 0.25) is 18.1 Å². The van der Waals surface area contributed by atoms with Gasteiger partial charge in [-0.25, -0.2) is 0 Å². The molecule has 2 aliphatic heterocycles. The fourth-order valence-corrected chi connectivity index (χ4v) is 9.35. The number of aryl methyl sites for hydroxylation is 1. The molecule has 2 unspecified atom stereocenters. The Bertz CT molecular complexity index is 1620. The minimum absolute atomic E-state index is 0.0278. The molecule has 2 aromatic rings. The third-order valence-corrected chi connectivity index (χ3v) is 16.7. The van der Waals surface area contributed by atoms with Gasteiger partial charge in [0.15, 0.2) is 20.9 Å². The molecule has 9 nitrogen and oxygen atoms in total. The van der Waals surface area contributed by atoms with Gasteiger partial charge in [0.2, 0.25) is 0 Å². The van der Waals surface area contributed by atoms with Gasteiger partial charge in [-0.2, -0.15) is 8.42 Å². The molecular formula is C43H64O9SSi. The first-order valence-electron chi connectivity index (χ1n) is 19.7. The largest absolute Gasteiger partial charge is 0.493 e. The van der Waals surface area contributed by atoms with Gasteiger partial charge in [0.1, 0.15) is 11.5 Å². The van der Waals surface area contributed by atoms with Crippen LogP contribution in [0.4, 0.5) is 0 Å². The highest BCUT2D eigenvalue weighted by molar-refractivity contribution is 7.85. The Morgan fingerprint density at radius 3 is 2.13 bits per heavy atom. The van der Waals surface area contributed by atoms with Crippen molar-refractivity contribution in [1.29, 1.82) is 0 Å². The Morgan fingerprint density at radius 2 is 1.57 bits per heavy atom. The van der Waals surface area contributed by atoms with Crippen LogP contribution in [0.25, 0.3) is 0 Å². The topological polar surface area (TPSA) is 110 Å². The maximum atomic E-state index is 10.6. The number of ether oxygens (including phenoxy) is 5. The maximum absolute atomic E-state index is 10.6. The van der Waals surface area contributed by atoms with Crippen LogP contribution in [-0.2, 0) is 33.5 Å². The average Bonchev–Trinajstić information content (AvgIpc) is 3.45. The van der Waals surface area contributed by atoms with Gasteiger partial charge in [0.05, 0.1) is 30.3 Å². The van der Waals surface area contributed by atoms with Crippen molar-refractivity contribution in [1.82, 2.24) is 0 Å². The molecule has 6 atom stereocenters. The lowest BCUT2D eigenvalue weighted by atomic mass is 9.83. The normalized spacial score (nSPS) is 25.5. The zero-order valence-corrected chi connectivity index (χ0v) is 35.4. The Balaban J connectivity index is 0.000000506. The molecule has 3 fully saturated rings. The van der Waals surface area contributed by atoms with E-state index in [0.717, 1.165) is 76.1 Å². The highest BCUT2D eigenvalue weighted by Crippen LogP contribution is 2.48. The first-order chi connectivity index (χ1) is 25.6. The molecular weight excluding hydrogens is 721 g/mol. The summed E-state index contributed by atoms with van der Waals surface area (Å²) in [4.78, 5) is -0.0278. The summed E-state index contributed by atoms with van der Waals surface area (Å²) < 4.78 is 68.9. The average molecular weight is 785 g/mol. The predicted octanol–water partition coefficient (Wildman–Crippen LogP) is 9.87. The van der Waals surface area contributed by atoms with E-state index in [-0.39, 0.29) is 46.6 Å². The van der Waals surface area contributed by atoms with Crippen LogP contribution in [0, 0.1) is 31.1 Å². The van der Waals surface area contributed by atoms with E-state index in [0.29, 0.717) is 25.0 Å². The van der Waals surface area contributed by atoms with E-state index in [1.807, 2.05) is 30.3 Å². The number of terminal acetylenes is 1. The maximum Gasteiger partial charge on any atom is 0.294 e. The molecule has 5 rings (SSSR count). The minimum atomic E-state index is -4.03. The fraction of sp³-hybridized carbons (Fsp3) is 0.628. The summed E-state index contributed by atoms with van der Waals surface area (Å²) in [6.45, 7) is 17.5. The third kappa shape index (κ3) is 12.9. The molecule has 1 N–H and O–H groups in total. The molecule has 11 heteroatoms. The van der Waals surface area contributed by atoms with Gasteiger partial charge < -0.3 is 28.1 Å². The second kappa shape index (κ2) is 20.5.